The van der Waals surface area contributed by atoms with Gasteiger partial charge >= 0.3 is 0 Å². The topological polar surface area (TPSA) is 31.0 Å². The van der Waals surface area contributed by atoms with Gasteiger partial charge in [0, 0.05) is 35.8 Å². The van der Waals surface area contributed by atoms with Crippen LogP contribution in [0.15, 0.2) is 95.7 Å². The van der Waals surface area contributed by atoms with Gasteiger partial charge in [0.1, 0.15) is 17.0 Å². The summed E-state index contributed by atoms with van der Waals surface area (Å²) in [6.45, 7) is 0. The Morgan fingerprint density at radius 2 is 1.45 bits per heavy atom. The molecule has 0 bridgehead atoms. The molecule has 6 aromatic rings. The van der Waals surface area contributed by atoms with Gasteiger partial charge in [-0.2, -0.15) is 0 Å². The molecule has 138 valence electrons. The zero-order valence-corrected chi connectivity index (χ0v) is 16.0. The first kappa shape index (κ1) is 16.1. The molecule has 29 heavy (non-hydrogen) atoms. The van der Waals surface area contributed by atoms with Crippen molar-refractivity contribution in [2.45, 2.75) is 0 Å². The molecule has 2 heterocycles. The van der Waals surface area contributed by atoms with Crippen molar-refractivity contribution in [1.82, 2.24) is 9.55 Å². The number of nitrogens with zero attached hydrogens (tertiary/aromatic N) is 2. The molecule has 0 radical (unpaired) electrons. The minimum atomic E-state index is 0.880. The van der Waals surface area contributed by atoms with E-state index in [1.165, 1.54) is 10.8 Å². The summed E-state index contributed by atoms with van der Waals surface area (Å²) in [4.78, 5) is 4.52. The van der Waals surface area contributed by atoms with Gasteiger partial charge in [0.05, 0.1) is 5.56 Å². The average Bonchev–Trinajstić information content (AvgIpc) is 3.36. The summed E-state index contributed by atoms with van der Waals surface area (Å²) in [5.74, 6) is 0.905. The van der Waals surface area contributed by atoms with Crippen molar-refractivity contribution < 1.29 is 4.42 Å². The molecule has 0 N–H and O–H groups in total. The predicted molar refractivity (Wildman–Crippen MR) is 119 cm³/mol. The molecule has 0 aliphatic carbocycles. The van der Waals surface area contributed by atoms with Crippen LogP contribution in [0.25, 0.3) is 55.2 Å². The second-order valence-corrected chi connectivity index (χ2v) is 7.39. The fraction of sp³-hybridized carbons (Fsp3) is 0.0385. The number of imidazole rings is 1. The fourth-order valence-electron chi connectivity index (χ4n) is 4.21. The molecular formula is C26H18N2O. The second kappa shape index (κ2) is 6.08. The molecule has 0 amide bonds. The molecule has 0 fully saturated rings. The molecule has 0 spiro atoms. The Kier molecular flexibility index (Phi) is 3.38. The van der Waals surface area contributed by atoms with Crippen molar-refractivity contribution in [3.8, 4) is 22.5 Å². The molecular weight excluding hydrogens is 356 g/mol. The van der Waals surface area contributed by atoms with Gasteiger partial charge in [0.15, 0.2) is 0 Å². The number of para-hydroxylation sites is 2. The number of aryl methyl sites for hydroxylation is 1. The van der Waals surface area contributed by atoms with E-state index in [0.29, 0.717) is 0 Å². The number of benzene rings is 4. The van der Waals surface area contributed by atoms with Gasteiger partial charge in [-0.25, -0.2) is 4.98 Å². The molecule has 0 atom stereocenters. The van der Waals surface area contributed by atoms with Gasteiger partial charge in [-0.15, -0.1) is 0 Å². The van der Waals surface area contributed by atoms with Crippen LogP contribution < -0.4 is 0 Å². The van der Waals surface area contributed by atoms with E-state index in [2.05, 4.69) is 83.8 Å². The lowest BCUT2D eigenvalue weighted by Crippen LogP contribution is -1.91. The Balaban J connectivity index is 1.65. The number of rotatable bonds is 2. The third-order valence-corrected chi connectivity index (χ3v) is 5.65. The van der Waals surface area contributed by atoms with Crippen molar-refractivity contribution in [2.75, 3.05) is 0 Å². The molecule has 0 unspecified atom stereocenters. The molecule has 6 rings (SSSR count). The first-order valence-electron chi connectivity index (χ1n) is 9.71. The Hall–Kier alpha value is -3.85. The molecule has 0 aliphatic heterocycles. The highest BCUT2D eigenvalue weighted by Gasteiger charge is 2.17. The highest BCUT2D eigenvalue weighted by Crippen LogP contribution is 2.39. The Labute approximate surface area is 167 Å². The van der Waals surface area contributed by atoms with Crippen molar-refractivity contribution in [3.05, 3.63) is 91.3 Å². The smallest absolute Gasteiger partial charge is 0.146 e. The first-order valence-corrected chi connectivity index (χ1v) is 9.71. The standard InChI is InChI=1S/C26H18N2O/c1-28-15-14-27-26(28)23-11-5-10-22-21-9-4-8-20(24(21)29-25(22)23)19-13-12-17-6-2-3-7-18(17)16-19/h2-16H,1H3. The molecule has 0 saturated heterocycles. The van der Waals surface area contributed by atoms with E-state index in [1.807, 2.05) is 24.0 Å². The van der Waals surface area contributed by atoms with E-state index < -0.39 is 0 Å². The Morgan fingerprint density at radius 1 is 0.724 bits per heavy atom. The highest BCUT2D eigenvalue weighted by atomic mass is 16.3. The monoisotopic (exact) mass is 374 g/mol. The van der Waals surface area contributed by atoms with E-state index in [-0.39, 0.29) is 0 Å². The first-order chi connectivity index (χ1) is 14.3. The van der Waals surface area contributed by atoms with Crippen molar-refractivity contribution >= 4 is 32.7 Å². The second-order valence-electron chi connectivity index (χ2n) is 7.39. The number of furan rings is 1. The average molecular weight is 374 g/mol. The van der Waals surface area contributed by atoms with Crippen LogP contribution >= 0.6 is 0 Å². The molecule has 0 aliphatic rings. The lowest BCUT2D eigenvalue weighted by Gasteiger charge is -2.05. The van der Waals surface area contributed by atoms with Crippen LogP contribution in [-0.4, -0.2) is 9.55 Å². The van der Waals surface area contributed by atoms with Crippen LogP contribution in [0.3, 0.4) is 0 Å². The number of hydrogen-bond acceptors (Lipinski definition) is 2. The summed E-state index contributed by atoms with van der Waals surface area (Å²) in [5, 5.41) is 4.71. The van der Waals surface area contributed by atoms with E-state index in [9.17, 15) is 0 Å². The summed E-state index contributed by atoms with van der Waals surface area (Å²) in [5.41, 5.74) is 5.07. The minimum absolute atomic E-state index is 0.880. The number of fused-ring (bicyclic) bond motifs is 4. The van der Waals surface area contributed by atoms with Gasteiger partial charge in [-0.3, -0.25) is 0 Å². The zero-order valence-electron chi connectivity index (χ0n) is 16.0. The lowest BCUT2D eigenvalue weighted by atomic mass is 9.99. The summed E-state index contributed by atoms with van der Waals surface area (Å²) >= 11 is 0. The van der Waals surface area contributed by atoms with E-state index >= 15 is 0 Å². The van der Waals surface area contributed by atoms with Gasteiger partial charge < -0.3 is 8.98 Å². The van der Waals surface area contributed by atoms with Gasteiger partial charge in [0.25, 0.3) is 0 Å². The Bertz CT molecular complexity index is 1520. The van der Waals surface area contributed by atoms with Crippen molar-refractivity contribution in [3.63, 3.8) is 0 Å². The van der Waals surface area contributed by atoms with Gasteiger partial charge in [-0.05, 0) is 28.5 Å². The zero-order chi connectivity index (χ0) is 19.4. The largest absolute Gasteiger partial charge is 0.455 e. The molecule has 3 nitrogen and oxygen atoms in total. The third kappa shape index (κ3) is 2.41. The lowest BCUT2D eigenvalue weighted by molar-refractivity contribution is 0.670. The van der Waals surface area contributed by atoms with Crippen LogP contribution in [0.4, 0.5) is 0 Å². The molecule has 4 aromatic carbocycles. The van der Waals surface area contributed by atoms with Crippen LogP contribution in [-0.2, 0) is 7.05 Å². The summed E-state index contributed by atoms with van der Waals surface area (Å²) < 4.78 is 8.53. The SMILES string of the molecule is Cn1ccnc1-c1cccc2c1oc1c(-c3ccc4ccccc4c3)cccc12. The summed E-state index contributed by atoms with van der Waals surface area (Å²) in [7, 11) is 2.00. The maximum Gasteiger partial charge on any atom is 0.146 e. The predicted octanol–water partition coefficient (Wildman–Crippen LogP) is 6.81. The van der Waals surface area contributed by atoms with Crippen LogP contribution in [0.5, 0.6) is 0 Å². The minimum Gasteiger partial charge on any atom is -0.455 e. The van der Waals surface area contributed by atoms with E-state index in [0.717, 1.165) is 44.5 Å². The summed E-state index contributed by atoms with van der Waals surface area (Å²) in [6.07, 6.45) is 3.77. The number of hydrogen-bond donors (Lipinski definition) is 0. The fourth-order valence-corrected chi connectivity index (χ4v) is 4.21. The highest BCUT2D eigenvalue weighted by molar-refractivity contribution is 6.13. The van der Waals surface area contributed by atoms with Crippen molar-refractivity contribution in [1.29, 1.82) is 0 Å². The normalized spacial score (nSPS) is 11.6. The van der Waals surface area contributed by atoms with Crippen molar-refractivity contribution in [2.24, 2.45) is 7.05 Å². The van der Waals surface area contributed by atoms with Crippen LogP contribution in [0.2, 0.25) is 0 Å². The molecule has 3 heteroatoms. The molecule has 2 aromatic heterocycles. The van der Waals surface area contributed by atoms with E-state index in [1.54, 1.807) is 0 Å². The maximum absolute atomic E-state index is 6.51. The third-order valence-electron chi connectivity index (χ3n) is 5.65. The van der Waals surface area contributed by atoms with Gasteiger partial charge in [0.2, 0.25) is 0 Å². The van der Waals surface area contributed by atoms with E-state index in [4.69, 9.17) is 4.42 Å². The molecule has 0 saturated carbocycles. The summed E-state index contributed by atoms with van der Waals surface area (Å²) in [6, 6.07) is 27.7. The van der Waals surface area contributed by atoms with Gasteiger partial charge in [-0.1, -0.05) is 66.7 Å². The van der Waals surface area contributed by atoms with Crippen LogP contribution in [0.1, 0.15) is 0 Å². The van der Waals surface area contributed by atoms with Crippen LogP contribution in [0, 0.1) is 0 Å². The Morgan fingerprint density at radius 3 is 2.21 bits per heavy atom. The number of aromatic nitrogens is 2. The maximum atomic E-state index is 6.51. The quantitative estimate of drug-likeness (QED) is 0.333.